The summed E-state index contributed by atoms with van der Waals surface area (Å²) in [7, 11) is 0. The summed E-state index contributed by atoms with van der Waals surface area (Å²) >= 11 is 40.2. The van der Waals surface area contributed by atoms with Crippen LogP contribution in [0.1, 0.15) is 19.4 Å². The van der Waals surface area contributed by atoms with Crippen molar-refractivity contribution < 1.29 is 14.3 Å². The van der Waals surface area contributed by atoms with E-state index in [1.807, 2.05) is 13.8 Å². The standard InChI is InChI=1S/C17H13BrCl6N2O3S/c1-15(2)10(12(27)29-6-16(22,23)24)26-13(28)17(18,14(26)30-15)25-11(21)8-4-3-7(19)5-9(8)20/h3-5,10,14H,6H2,1-2H3/b25-11-/t10-,14+,17?/m0/s1. The van der Waals surface area contributed by atoms with Gasteiger partial charge >= 0.3 is 5.97 Å². The van der Waals surface area contributed by atoms with Crippen LogP contribution >= 0.6 is 97.3 Å². The number of fused-ring (bicyclic) bond motifs is 1. The molecule has 2 heterocycles. The van der Waals surface area contributed by atoms with Gasteiger partial charge in [0.2, 0.25) is 8.24 Å². The van der Waals surface area contributed by atoms with Crippen molar-refractivity contribution in [1.29, 1.82) is 0 Å². The number of carbonyl (C=O) groups is 2. The number of halogens is 7. The molecule has 1 amide bonds. The predicted molar refractivity (Wildman–Crippen MR) is 128 cm³/mol. The normalized spacial score (nSPS) is 28.2. The number of rotatable bonds is 4. The third-order valence-corrected chi connectivity index (χ3v) is 8.52. The molecule has 0 N–H and O–H groups in total. The van der Waals surface area contributed by atoms with Gasteiger partial charge in [-0.05, 0) is 48.0 Å². The molecule has 13 heteroatoms. The Hall–Kier alpha value is 0.400. The summed E-state index contributed by atoms with van der Waals surface area (Å²) in [5, 5.41) is 0.257. The van der Waals surface area contributed by atoms with Gasteiger partial charge in [0.25, 0.3) is 5.91 Å². The van der Waals surface area contributed by atoms with Crippen molar-refractivity contribution in [3.63, 3.8) is 0 Å². The fourth-order valence-electron chi connectivity index (χ4n) is 3.18. The van der Waals surface area contributed by atoms with Crippen LogP contribution in [0.2, 0.25) is 10.0 Å². The number of alkyl halides is 4. The molecule has 1 aromatic rings. The van der Waals surface area contributed by atoms with Crippen molar-refractivity contribution in [1.82, 2.24) is 4.90 Å². The first-order chi connectivity index (χ1) is 13.7. The quantitative estimate of drug-likeness (QED) is 0.136. The fraction of sp³-hybridized carbons (Fsp3) is 0.471. The highest BCUT2D eigenvalue weighted by molar-refractivity contribution is 9.10. The van der Waals surface area contributed by atoms with E-state index in [0.29, 0.717) is 15.6 Å². The molecule has 3 atom stereocenters. The molecule has 1 unspecified atom stereocenters. The van der Waals surface area contributed by atoms with E-state index in [1.54, 1.807) is 12.1 Å². The van der Waals surface area contributed by atoms with Gasteiger partial charge in [0.15, 0.2) is 0 Å². The van der Waals surface area contributed by atoms with Crippen LogP contribution < -0.4 is 0 Å². The van der Waals surface area contributed by atoms with Crippen LogP contribution in [0.5, 0.6) is 0 Å². The van der Waals surface area contributed by atoms with E-state index in [2.05, 4.69) is 20.9 Å². The Morgan fingerprint density at radius 3 is 2.53 bits per heavy atom. The summed E-state index contributed by atoms with van der Waals surface area (Å²) in [6.45, 7) is 3.21. The minimum absolute atomic E-state index is 0.0298. The van der Waals surface area contributed by atoms with Crippen LogP contribution in [0, 0.1) is 0 Å². The molecule has 0 saturated carbocycles. The maximum absolute atomic E-state index is 13.0. The number of aliphatic imine (C=N–C) groups is 1. The first-order valence-corrected chi connectivity index (χ1v) is 12.2. The number of benzene rings is 1. The zero-order valence-electron chi connectivity index (χ0n) is 15.3. The van der Waals surface area contributed by atoms with Crippen molar-refractivity contribution in [2.45, 2.75) is 38.3 Å². The van der Waals surface area contributed by atoms with Gasteiger partial charge in [0, 0.05) is 15.3 Å². The van der Waals surface area contributed by atoms with E-state index < -0.39 is 42.9 Å². The number of carbonyl (C=O) groups excluding carboxylic acids is 2. The SMILES string of the molecule is CC1(C)S[C@H]2N(C(=O)C2(Br)/N=C(\Cl)c2ccc(Cl)cc2Cl)[C@H]1C(=O)OCC(Cl)(Cl)Cl. The average molecular weight is 618 g/mol. The van der Waals surface area contributed by atoms with Crippen LogP contribution in [0.15, 0.2) is 23.2 Å². The summed E-state index contributed by atoms with van der Waals surface area (Å²) in [5.74, 6) is -1.11. The highest BCUT2D eigenvalue weighted by atomic mass is 79.9. The van der Waals surface area contributed by atoms with Gasteiger partial charge in [0.1, 0.15) is 23.2 Å². The second-order valence-corrected chi connectivity index (χ2v) is 13.8. The molecule has 2 saturated heterocycles. The number of nitrogens with zero attached hydrogens (tertiary/aromatic N) is 2. The molecule has 0 bridgehead atoms. The van der Waals surface area contributed by atoms with Gasteiger partial charge in [-0.2, -0.15) is 0 Å². The summed E-state index contributed by atoms with van der Waals surface area (Å²) < 4.78 is 1.33. The second-order valence-electron chi connectivity index (χ2n) is 7.11. The number of amides is 1. The Morgan fingerprint density at radius 2 is 1.97 bits per heavy atom. The lowest BCUT2D eigenvalue weighted by molar-refractivity contribution is -0.163. The zero-order valence-corrected chi connectivity index (χ0v) is 22.2. The highest BCUT2D eigenvalue weighted by Crippen LogP contribution is 2.58. The van der Waals surface area contributed by atoms with Crippen molar-refractivity contribution in [2.75, 3.05) is 6.61 Å². The zero-order chi connectivity index (χ0) is 22.6. The molecule has 5 nitrogen and oxygen atoms in total. The number of hydrogen-bond donors (Lipinski definition) is 0. The monoisotopic (exact) mass is 614 g/mol. The van der Waals surface area contributed by atoms with Crippen LogP contribution in [0.3, 0.4) is 0 Å². The Kier molecular flexibility index (Phi) is 7.21. The van der Waals surface area contributed by atoms with Crippen LogP contribution in [0.25, 0.3) is 0 Å². The van der Waals surface area contributed by atoms with Gasteiger partial charge in [-0.25, -0.2) is 9.79 Å². The van der Waals surface area contributed by atoms with E-state index in [-0.39, 0.29) is 5.17 Å². The fourth-order valence-corrected chi connectivity index (χ4v) is 6.73. The van der Waals surface area contributed by atoms with E-state index in [1.165, 1.54) is 22.7 Å². The molecule has 1 aromatic carbocycles. The molecule has 2 aliphatic heterocycles. The van der Waals surface area contributed by atoms with Crippen LogP contribution in [-0.2, 0) is 14.3 Å². The van der Waals surface area contributed by atoms with Gasteiger partial charge < -0.3 is 9.64 Å². The summed E-state index contributed by atoms with van der Waals surface area (Å²) in [5.41, 5.74) is 0.425. The first kappa shape index (κ1) is 25.0. The number of esters is 1. The van der Waals surface area contributed by atoms with Crippen molar-refractivity contribution in [2.24, 2.45) is 4.99 Å². The Morgan fingerprint density at radius 1 is 1.33 bits per heavy atom. The van der Waals surface area contributed by atoms with Crippen molar-refractivity contribution >= 4 is 114 Å². The molecule has 0 spiro atoms. The second kappa shape index (κ2) is 8.64. The molecule has 0 aromatic heterocycles. The minimum Gasteiger partial charge on any atom is -0.460 e. The maximum Gasteiger partial charge on any atom is 0.330 e. The predicted octanol–water partition coefficient (Wildman–Crippen LogP) is 6.05. The Balaban J connectivity index is 1.86. The number of ether oxygens (including phenoxy) is 1. The van der Waals surface area contributed by atoms with Crippen molar-refractivity contribution in [3.05, 3.63) is 33.8 Å². The van der Waals surface area contributed by atoms with Crippen molar-refractivity contribution in [3.8, 4) is 0 Å². The van der Waals surface area contributed by atoms with Gasteiger partial charge in [-0.15, -0.1) is 11.8 Å². The molecule has 164 valence electrons. The smallest absolute Gasteiger partial charge is 0.330 e. The van der Waals surface area contributed by atoms with Gasteiger partial charge in [-0.3, -0.25) is 4.79 Å². The highest BCUT2D eigenvalue weighted by Gasteiger charge is 2.71. The molecule has 2 fully saturated rings. The molecule has 30 heavy (non-hydrogen) atoms. The molecule has 2 aliphatic rings. The Bertz CT molecular complexity index is 941. The lowest BCUT2D eigenvalue weighted by Crippen LogP contribution is -2.70. The summed E-state index contributed by atoms with van der Waals surface area (Å²) in [4.78, 5) is 31.5. The van der Waals surface area contributed by atoms with E-state index >= 15 is 0 Å². The third-order valence-electron chi connectivity index (χ3n) is 4.48. The molecule has 0 aliphatic carbocycles. The number of thioether (sulfide) groups is 1. The number of β-lactam (4-membered cyclic amide) rings is 1. The van der Waals surface area contributed by atoms with Crippen LogP contribution in [0.4, 0.5) is 0 Å². The molecule has 3 rings (SSSR count). The van der Waals surface area contributed by atoms with Gasteiger partial charge in [-0.1, -0.05) is 69.6 Å². The van der Waals surface area contributed by atoms with Gasteiger partial charge in [0.05, 0.1) is 5.02 Å². The minimum atomic E-state index is -1.75. The largest absolute Gasteiger partial charge is 0.460 e. The van der Waals surface area contributed by atoms with E-state index in [9.17, 15) is 9.59 Å². The molecule has 0 radical (unpaired) electrons. The third kappa shape index (κ3) is 4.69. The molecular weight excluding hydrogens is 605 g/mol. The summed E-state index contributed by atoms with van der Waals surface area (Å²) in [6.07, 6.45) is 0. The first-order valence-electron chi connectivity index (χ1n) is 8.31. The average Bonchev–Trinajstić information content (AvgIpc) is 2.88. The van der Waals surface area contributed by atoms with Crippen LogP contribution in [-0.4, -0.2) is 53.0 Å². The van der Waals surface area contributed by atoms with E-state index in [4.69, 9.17) is 74.3 Å². The number of hydrogen-bond acceptors (Lipinski definition) is 5. The molecular formula is C17H13BrCl6N2O3S. The maximum atomic E-state index is 13.0. The topological polar surface area (TPSA) is 59.0 Å². The summed E-state index contributed by atoms with van der Waals surface area (Å²) in [6, 6.07) is 3.86. The lowest BCUT2D eigenvalue weighted by Gasteiger charge is -2.47. The lowest BCUT2D eigenvalue weighted by atomic mass is 9.96. The Labute approximate surface area is 215 Å². The van der Waals surface area contributed by atoms with E-state index in [0.717, 1.165) is 0 Å².